The number of amides is 1. The quantitative estimate of drug-likeness (QED) is 0.500. The van der Waals surface area contributed by atoms with E-state index < -0.39 is 0 Å². The summed E-state index contributed by atoms with van der Waals surface area (Å²) in [5.74, 6) is 1.50. The second-order valence-corrected chi connectivity index (χ2v) is 6.80. The summed E-state index contributed by atoms with van der Waals surface area (Å²) in [4.78, 5) is 17.3. The van der Waals surface area contributed by atoms with Gasteiger partial charge in [-0.05, 0) is 67.6 Å². The van der Waals surface area contributed by atoms with Gasteiger partial charge in [-0.15, -0.1) is 11.8 Å². The van der Waals surface area contributed by atoms with Crippen LogP contribution in [0.5, 0.6) is 0 Å². The third-order valence-electron chi connectivity index (χ3n) is 3.61. The summed E-state index contributed by atoms with van der Waals surface area (Å²) in [5.41, 5.74) is 1.36. The van der Waals surface area contributed by atoms with E-state index in [9.17, 15) is 9.18 Å². The highest BCUT2D eigenvalue weighted by Gasteiger charge is 2.09. The smallest absolute Gasteiger partial charge is 0.257 e. The largest absolute Gasteiger partial charge is 0.352 e. The Morgan fingerprint density at radius 3 is 2.54 bits per heavy atom. The van der Waals surface area contributed by atoms with Gasteiger partial charge in [0.05, 0.1) is 0 Å². The Morgan fingerprint density at radius 1 is 1.15 bits per heavy atom. The van der Waals surface area contributed by atoms with Crippen LogP contribution in [-0.4, -0.2) is 28.3 Å². The van der Waals surface area contributed by atoms with Crippen molar-refractivity contribution in [2.45, 2.75) is 18.2 Å². The average molecular weight is 371 g/mol. The Balaban J connectivity index is 1.42. The Morgan fingerprint density at radius 2 is 1.88 bits per heavy atom. The topological polar surface area (TPSA) is 68.0 Å². The number of benzene rings is 2. The molecule has 5 nitrogen and oxygen atoms in total. The Hall–Kier alpha value is -2.67. The summed E-state index contributed by atoms with van der Waals surface area (Å²) in [6, 6.07) is 13.4. The predicted molar refractivity (Wildman–Crippen MR) is 98.5 cm³/mol. The first kappa shape index (κ1) is 18.1. The number of rotatable bonds is 7. The molecule has 3 aromatic rings. The van der Waals surface area contributed by atoms with Gasteiger partial charge in [0.2, 0.25) is 0 Å². The maximum absolute atomic E-state index is 12.8. The second-order valence-electron chi connectivity index (χ2n) is 5.64. The normalized spacial score (nSPS) is 10.7. The molecule has 0 bridgehead atoms. The van der Waals surface area contributed by atoms with E-state index in [-0.39, 0.29) is 11.7 Å². The molecule has 0 atom stereocenters. The summed E-state index contributed by atoms with van der Waals surface area (Å²) < 4.78 is 17.9. The number of halogens is 1. The van der Waals surface area contributed by atoms with Gasteiger partial charge in [-0.1, -0.05) is 5.16 Å². The minimum Gasteiger partial charge on any atom is -0.352 e. The lowest BCUT2D eigenvalue weighted by Crippen LogP contribution is -2.24. The molecule has 0 spiro atoms. The van der Waals surface area contributed by atoms with Crippen molar-refractivity contribution in [3.8, 4) is 11.5 Å². The van der Waals surface area contributed by atoms with Crippen LogP contribution in [0.25, 0.3) is 11.5 Å². The van der Waals surface area contributed by atoms with Crippen molar-refractivity contribution in [3.63, 3.8) is 0 Å². The lowest BCUT2D eigenvalue weighted by atomic mass is 10.1. The van der Waals surface area contributed by atoms with Crippen LogP contribution in [0, 0.1) is 12.7 Å². The van der Waals surface area contributed by atoms with E-state index in [2.05, 4.69) is 15.5 Å². The summed E-state index contributed by atoms with van der Waals surface area (Å²) in [5, 5.41) is 6.64. The van der Waals surface area contributed by atoms with Gasteiger partial charge in [-0.3, -0.25) is 4.79 Å². The van der Waals surface area contributed by atoms with Gasteiger partial charge in [0.15, 0.2) is 5.82 Å². The van der Waals surface area contributed by atoms with Crippen LogP contribution >= 0.6 is 11.8 Å². The van der Waals surface area contributed by atoms with E-state index in [1.54, 1.807) is 55.1 Å². The SMILES string of the molecule is Cc1noc(-c2ccc(C(=O)NCCCSc3ccc(F)cc3)cc2)n1. The molecule has 0 aliphatic heterocycles. The fourth-order valence-corrected chi connectivity index (χ4v) is 3.13. The zero-order chi connectivity index (χ0) is 18.4. The lowest BCUT2D eigenvalue weighted by molar-refractivity contribution is 0.0954. The first-order valence-electron chi connectivity index (χ1n) is 8.19. The van der Waals surface area contributed by atoms with Crippen molar-refractivity contribution in [1.29, 1.82) is 0 Å². The fourth-order valence-electron chi connectivity index (χ4n) is 2.28. The van der Waals surface area contributed by atoms with Gasteiger partial charge >= 0.3 is 0 Å². The zero-order valence-corrected chi connectivity index (χ0v) is 15.1. The summed E-state index contributed by atoms with van der Waals surface area (Å²) in [6.45, 7) is 2.33. The lowest BCUT2D eigenvalue weighted by Gasteiger charge is -2.06. The minimum atomic E-state index is -0.234. The Labute approximate surface area is 155 Å². The van der Waals surface area contributed by atoms with Crippen molar-refractivity contribution >= 4 is 17.7 Å². The van der Waals surface area contributed by atoms with Crippen LogP contribution < -0.4 is 5.32 Å². The van der Waals surface area contributed by atoms with Crippen LogP contribution in [0.2, 0.25) is 0 Å². The molecule has 7 heteroatoms. The molecular formula is C19H18FN3O2S. The number of nitrogens with zero attached hydrogens (tertiary/aromatic N) is 2. The number of aryl methyl sites for hydroxylation is 1. The number of hydrogen-bond donors (Lipinski definition) is 1. The number of aromatic nitrogens is 2. The van der Waals surface area contributed by atoms with E-state index in [1.165, 1.54) is 12.1 Å². The molecule has 0 fully saturated rings. The molecule has 0 saturated carbocycles. The van der Waals surface area contributed by atoms with Gasteiger partial charge in [-0.25, -0.2) is 4.39 Å². The third kappa shape index (κ3) is 4.92. The first-order valence-corrected chi connectivity index (χ1v) is 9.18. The summed E-state index contributed by atoms with van der Waals surface area (Å²) in [6.07, 6.45) is 0.827. The molecule has 0 aliphatic carbocycles. The molecule has 0 saturated heterocycles. The highest BCUT2D eigenvalue weighted by molar-refractivity contribution is 7.99. The molecule has 1 aromatic heterocycles. The number of carbonyl (C=O) groups excluding carboxylic acids is 1. The molecule has 3 rings (SSSR count). The van der Waals surface area contributed by atoms with Crippen LogP contribution in [0.1, 0.15) is 22.6 Å². The van der Waals surface area contributed by atoms with Crippen molar-refractivity contribution in [2.24, 2.45) is 0 Å². The summed E-state index contributed by atoms with van der Waals surface area (Å²) in [7, 11) is 0. The predicted octanol–water partition coefficient (Wildman–Crippen LogP) is 4.10. The Kier molecular flexibility index (Phi) is 6.01. The van der Waals surface area contributed by atoms with E-state index in [1.807, 2.05) is 0 Å². The molecule has 2 aromatic carbocycles. The Bertz CT molecular complexity index is 863. The highest BCUT2D eigenvalue weighted by atomic mass is 32.2. The van der Waals surface area contributed by atoms with Crippen LogP contribution in [0.4, 0.5) is 4.39 Å². The molecule has 134 valence electrons. The number of carbonyl (C=O) groups is 1. The fraction of sp³-hybridized carbons (Fsp3) is 0.211. The second kappa shape index (κ2) is 8.62. The summed E-state index contributed by atoms with van der Waals surface area (Å²) >= 11 is 1.64. The standard InChI is InChI=1S/C19H18FN3O2S/c1-13-22-19(25-23-13)15-5-3-14(4-6-15)18(24)21-11-2-12-26-17-9-7-16(20)8-10-17/h3-10H,2,11-12H2,1H3,(H,21,24). The maximum Gasteiger partial charge on any atom is 0.257 e. The molecule has 1 heterocycles. The molecular weight excluding hydrogens is 353 g/mol. The maximum atomic E-state index is 12.8. The third-order valence-corrected chi connectivity index (χ3v) is 4.71. The van der Waals surface area contributed by atoms with Gasteiger partial charge in [0.25, 0.3) is 11.8 Å². The van der Waals surface area contributed by atoms with Crippen LogP contribution in [0.3, 0.4) is 0 Å². The molecule has 0 unspecified atom stereocenters. The molecule has 0 aliphatic rings. The number of thioether (sulfide) groups is 1. The van der Waals surface area contributed by atoms with Gasteiger partial charge in [-0.2, -0.15) is 4.98 Å². The van der Waals surface area contributed by atoms with Crippen LogP contribution in [0.15, 0.2) is 57.9 Å². The number of hydrogen-bond acceptors (Lipinski definition) is 5. The van der Waals surface area contributed by atoms with E-state index in [0.29, 0.717) is 23.8 Å². The molecule has 26 heavy (non-hydrogen) atoms. The average Bonchev–Trinajstić information content (AvgIpc) is 3.09. The van der Waals surface area contributed by atoms with E-state index in [0.717, 1.165) is 22.6 Å². The monoisotopic (exact) mass is 371 g/mol. The van der Waals surface area contributed by atoms with E-state index in [4.69, 9.17) is 4.52 Å². The van der Waals surface area contributed by atoms with Crippen molar-refractivity contribution in [2.75, 3.05) is 12.3 Å². The van der Waals surface area contributed by atoms with Crippen molar-refractivity contribution < 1.29 is 13.7 Å². The molecule has 1 amide bonds. The minimum absolute atomic E-state index is 0.120. The number of nitrogens with one attached hydrogen (secondary N) is 1. The van der Waals surface area contributed by atoms with Crippen LogP contribution in [-0.2, 0) is 0 Å². The molecule has 0 radical (unpaired) electrons. The van der Waals surface area contributed by atoms with E-state index >= 15 is 0 Å². The van der Waals surface area contributed by atoms with Gasteiger partial charge in [0.1, 0.15) is 5.82 Å². The zero-order valence-electron chi connectivity index (χ0n) is 14.2. The van der Waals surface area contributed by atoms with Crippen molar-refractivity contribution in [1.82, 2.24) is 15.5 Å². The van der Waals surface area contributed by atoms with Crippen molar-refractivity contribution in [3.05, 3.63) is 65.7 Å². The van der Waals surface area contributed by atoms with Gasteiger partial charge in [0, 0.05) is 22.6 Å². The van der Waals surface area contributed by atoms with Gasteiger partial charge < -0.3 is 9.84 Å². The highest BCUT2D eigenvalue weighted by Crippen LogP contribution is 2.19. The molecule has 1 N–H and O–H groups in total. The first-order chi connectivity index (χ1) is 12.6.